The predicted octanol–water partition coefficient (Wildman–Crippen LogP) is 1.48. The fourth-order valence-electron chi connectivity index (χ4n) is 1.98. The lowest BCUT2D eigenvalue weighted by molar-refractivity contribution is -0.125. The molecule has 0 spiro atoms. The molecule has 1 amide bonds. The molecule has 0 saturated carbocycles. The van der Waals surface area contributed by atoms with E-state index in [4.69, 9.17) is 10.5 Å². The van der Waals surface area contributed by atoms with Gasteiger partial charge in [-0.3, -0.25) is 4.79 Å². The maximum atomic E-state index is 11.9. The summed E-state index contributed by atoms with van der Waals surface area (Å²) in [5.74, 6) is 0.0657. The molecule has 1 aromatic carbocycles. The molecular weight excluding hydrogens is 216 g/mol. The topological polar surface area (TPSA) is 64.3 Å². The molecule has 1 aliphatic heterocycles. The number of carbonyl (C=O) groups is 1. The first kappa shape index (κ1) is 11.9. The van der Waals surface area contributed by atoms with Crippen LogP contribution < -0.4 is 11.1 Å². The molecule has 92 valence electrons. The lowest BCUT2D eigenvalue weighted by atomic mass is 10.0. The molecule has 4 nitrogen and oxygen atoms in total. The second-order valence-corrected chi connectivity index (χ2v) is 4.46. The van der Waals surface area contributed by atoms with Crippen molar-refractivity contribution in [3.63, 3.8) is 0 Å². The average Bonchev–Trinajstić information content (AvgIpc) is 2.82. The molecule has 1 heterocycles. The zero-order valence-electron chi connectivity index (χ0n) is 9.98. The summed E-state index contributed by atoms with van der Waals surface area (Å²) in [7, 11) is 0. The molecule has 2 rings (SSSR count). The van der Waals surface area contributed by atoms with Gasteiger partial charge in [0.15, 0.2) is 0 Å². The van der Waals surface area contributed by atoms with Crippen LogP contribution in [0.5, 0.6) is 0 Å². The first-order valence-electron chi connectivity index (χ1n) is 5.90. The highest BCUT2D eigenvalue weighted by Gasteiger charge is 2.24. The summed E-state index contributed by atoms with van der Waals surface area (Å²) < 4.78 is 5.20. The van der Waals surface area contributed by atoms with Crippen molar-refractivity contribution in [2.24, 2.45) is 5.92 Å². The van der Waals surface area contributed by atoms with Gasteiger partial charge in [0.25, 0.3) is 0 Å². The third-order valence-electron chi connectivity index (χ3n) is 3.07. The molecular formula is C13H18N2O2. The fourth-order valence-corrected chi connectivity index (χ4v) is 1.98. The van der Waals surface area contributed by atoms with E-state index >= 15 is 0 Å². The van der Waals surface area contributed by atoms with Crippen molar-refractivity contribution in [3.05, 3.63) is 29.8 Å². The minimum Gasteiger partial charge on any atom is -0.399 e. The van der Waals surface area contributed by atoms with Crippen LogP contribution in [0.15, 0.2) is 24.3 Å². The predicted molar refractivity (Wildman–Crippen MR) is 66.3 cm³/mol. The third kappa shape index (κ3) is 2.97. The molecule has 0 bridgehead atoms. The normalized spacial score (nSPS) is 21.1. The maximum absolute atomic E-state index is 11.9. The third-order valence-corrected chi connectivity index (χ3v) is 3.07. The van der Waals surface area contributed by atoms with Gasteiger partial charge in [-0.15, -0.1) is 0 Å². The number of benzene rings is 1. The Kier molecular flexibility index (Phi) is 3.64. The van der Waals surface area contributed by atoms with Crippen molar-refractivity contribution in [2.75, 3.05) is 18.9 Å². The van der Waals surface area contributed by atoms with E-state index in [0.717, 1.165) is 12.0 Å². The van der Waals surface area contributed by atoms with Gasteiger partial charge in [-0.2, -0.15) is 0 Å². The van der Waals surface area contributed by atoms with Gasteiger partial charge in [-0.05, 0) is 31.0 Å². The summed E-state index contributed by atoms with van der Waals surface area (Å²) in [5, 5.41) is 2.99. The van der Waals surface area contributed by atoms with Crippen molar-refractivity contribution in [3.8, 4) is 0 Å². The van der Waals surface area contributed by atoms with E-state index < -0.39 is 0 Å². The SMILES string of the molecule is CC(NC(=O)C1CCOC1)c1cccc(N)c1. The van der Waals surface area contributed by atoms with Crippen LogP contribution in [0.3, 0.4) is 0 Å². The Morgan fingerprint density at radius 2 is 2.41 bits per heavy atom. The van der Waals surface area contributed by atoms with Crippen molar-refractivity contribution in [1.82, 2.24) is 5.32 Å². The van der Waals surface area contributed by atoms with Crippen LogP contribution in [0, 0.1) is 5.92 Å². The second-order valence-electron chi connectivity index (χ2n) is 4.46. The number of amides is 1. The van der Waals surface area contributed by atoms with E-state index in [9.17, 15) is 4.79 Å². The van der Waals surface area contributed by atoms with E-state index in [1.807, 2.05) is 31.2 Å². The van der Waals surface area contributed by atoms with Crippen LogP contribution in [-0.4, -0.2) is 19.1 Å². The van der Waals surface area contributed by atoms with Gasteiger partial charge < -0.3 is 15.8 Å². The molecule has 3 N–H and O–H groups in total. The van der Waals surface area contributed by atoms with Crippen LogP contribution in [0.1, 0.15) is 24.9 Å². The van der Waals surface area contributed by atoms with Crippen LogP contribution in [-0.2, 0) is 9.53 Å². The molecule has 0 aliphatic carbocycles. The summed E-state index contributed by atoms with van der Waals surface area (Å²) in [4.78, 5) is 11.9. The summed E-state index contributed by atoms with van der Waals surface area (Å²) in [6.07, 6.45) is 0.815. The van der Waals surface area contributed by atoms with E-state index in [-0.39, 0.29) is 17.9 Å². The highest BCUT2D eigenvalue weighted by molar-refractivity contribution is 5.79. The number of anilines is 1. The van der Waals surface area contributed by atoms with Crippen LogP contribution in [0.25, 0.3) is 0 Å². The first-order chi connectivity index (χ1) is 8.16. The van der Waals surface area contributed by atoms with Gasteiger partial charge in [-0.1, -0.05) is 12.1 Å². The molecule has 17 heavy (non-hydrogen) atoms. The van der Waals surface area contributed by atoms with Crippen molar-refractivity contribution >= 4 is 11.6 Å². The Balaban J connectivity index is 1.96. The molecule has 2 unspecified atom stereocenters. The number of rotatable bonds is 3. The maximum Gasteiger partial charge on any atom is 0.225 e. The summed E-state index contributed by atoms with van der Waals surface area (Å²) >= 11 is 0. The number of nitrogen functional groups attached to an aromatic ring is 1. The van der Waals surface area contributed by atoms with Crippen molar-refractivity contribution in [1.29, 1.82) is 0 Å². The fraction of sp³-hybridized carbons (Fsp3) is 0.462. The highest BCUT2D eigenvalue weighted by Crippen LogP contribution is 2.18. The molecule has 1 aromatic rings. The molecule has 1 fully saturated rings. The van der Waals surface area contributed by atoms with Gasteiger partial charge in [0.1, 0.15) is 0 Å². The van der Waals surface area contributed by atoms with E-state index in [1.54, 1.807) is 0 Å². The number of carbonyl (C=O) groups excluding carboxylic acids is 1. The Labute approximate surface area is 101 Å². The van der Waals surface area contributed by atoms with Gasteiger partial charge >= 0.3 is 0 Å². The zero-order valence-corrected chi connectivity index (χ0v) is 9.98. The van der Waals surface area contributed by atoms with Gasteiger partial charge in [0.2, 0.25) is 5.91 Å². The molecule has 2 atom stereocenters. The van der Waals surface area contributed by atoms with Gasteiger partial charge in [0.05, 0.1) is 18.6 Å². The van der Waals surface area contributed by atoms with E-state index in [1.165, 1.54) is 0 Å². The largest absolute Gasteiger partial charge is 0.399 e. The summed E-state index contributed by atoms with van der Waals surface area (Å²) in [5.41, 5.74) is 7.46. The number of ether oxygens (including phenoxy) is 1. The Morgan fingerprint density at radius 3 is 3.06 bits per heavy atom. The van der Waals surface area contributed by atoms with Gasteiger partial charge in [-0.25, -0.2) is 0 Å². The Morgan fingerprint density at radius 1 is 1.59 bits per heavy atom. The number of hydrogen-bond acceptors (Lipinski definition) is 3. The summed E-state index contributed by atoms with van der Waals surface area (Å²) in [6.45, 7) is 3.18. The van der Waals surface area contributed by atoms with Crippen LogP contribution >= 0.6 is 0 Å². The average molecular weight is 234 g/mol. The number of nitrogens with two attached hydrogens (primary N) is 1. The Bertz CT molecular complexity index is 400. The quantitative estimate of drug-likeness (QED) is 0.779. The minimum atomic E-state index is -0.0217. The number of hydrogen-bond donors (Lipinski definition) is 2. The summed E-state index contributed by atoms with van der Waals surface area (Å²) in [6, 6.07) is 7.56. The molecule has 1 aliphatic rings. The van der Waals surface area contributed by atoms with Crippen LogP contribution in [0.4, 0.5) is 5.69 Å². The van der Waals surface area contributed by atoms with E-state index in [0.29, 0.717) is 18.9 Å². The minimum absolute atomic E-state index is 0.00138. The van der Waals surface area contributed by atoms with Gasteiger partial charge in [0, 0.05) is 12.3 Å². The van der Waals surface area contributed by atoms with Crippen molar-refractivity contribution < 1.29 is 9.53 Å². The smallest absolute Gasteiger partial charge is 0.225 e. The Hall–Kier alpha value is -1.55. The second kappa shape index (κ2) is 5.19. The molecule has 0 aromatic heterocycles. The standard InChI is InChI=1S/C13H18N2O2/c1-9(10-3-2-4-12(14)7-10)15-13(16)11-5-6-17-8-11/h2-4,7,9,11H,5-6,8,14H2,1H3,(H,15,16). The van der Waals surface area contributed by atoms with E-state index in [2.05, 4.69) is 5.32 Å². The zero-order chi connectivity index (χ0) is 12.3. The first-order valence-corrected chi connectivity index (χ1v) is 5.90. The van der Waals surface area contributed by atoms with Crippen molar-refractivity contribution in [2.45, 2.75) is 19.4 Å². The lowest BCUT2D eigenvalue weighted by Crippen LogP contribution is -2.33. The number of nitrogens with one attached hydrogen (secondary N) is 1. The molecule has 0 radical (unpaired) electrons. The van der Waals surface area contributed by atoms with Crippen LogP contribution in [0.2, 0.25) is 0 Å². The molecule has 4 heteroatoms. The highest BCUT2D eigenvalue weighted by atomic mass is 16.5. The monoisotopic (exact) mass is 234 g/mol. The lowest BCUT2D eigenvalue weighted by Gasteiger charge is -2.17. The molecule has 1 saturated heterocycles.